The second-order valence-electron chi connectivity index (χ2n) is 6.10. The van der Waals surface area contributed by atoms with Gasteiger partial charge in [-0.05, 0) is 17.2 Å². The van der Waals surface area contributed by atoms with E-state index in [1.54, 1.807) is 0 Å². The van der Waals surface area contributed by atoms with E-state index in [-0.39, 0.29) is 0 Å². The van der Waals surface area contributed by atoms with Crippen molar-refractivity contribution in [1.82, 2.24) is 9.88 Å². The first-order valence-corrected chi connectivity index (χ1v) is 8.59. The molecule has 1 aromatic heterocycles. The maximum Gasteiger partial charge on any atom is 0.128 e. The summed E-state index contributed by atoms with van der Waals surface area (Å²) in [5.74, 6) is 1.05. The van der Waals surface area contributed by atoms with Crippen LogP contribution in [0.5, 0.6) is 0 Å². The van der Waals surface area contributed by atoms with E-state index in [2.05, 4.69) is 39.0 Å². The monoisotopic (exact) mass is 326 g/mol. The Morgan fingerprint density at radius 2 is 1.75 bits per heavy atom. The molecule has 1 aromatic carbocycles. The van der Waals surface area contributed by atoms with Crippen LogP contribution in [0.1, 0.15) is 11.1 Å². The molecule has 2 heterocycles. The Hall–Kier alpha value is -1.95. The summed E-state index contributed by atoms with van der Waals surface area (Å²) in [4.78, 5) is 9.30. The van der Waals surface area contributed by atoms with Crippen molar-refractivity contribution in [1.29, 1.82) is 0 Å². The molecule has 2 aromatic rings. The maximum atomic E-state index is 5.78. The third kappa shape index (κ3) is 4.77. The van der Waals surface area contributed by atoms with Gasteiger partial charge in [0.25, 0.3) is 0 Å². The van der Waals surface area contributed by atoms with Gasteiger partial charge in [0, 0.05) is 45.5 Å². The Bertz CT molecular complexity index is 595. The van der Waals surface area contributed by atoms with Crippen LogP contribution in [0.15, 0.2) is 48.7 Å². The number of piperazine rings is 1. The van der Waals surface area contributed by atoms with Crippen LogP contribution in [-0.2, 0) is 17.9 Å². The van der Waals surface area contributed by atoms with E-state index in [9.17, 15) is 0 Å². The highest BCUT2D eigenvalue weighted by Gasteiger charge is 2.17. The Kier molecular flexibility index (Phi) is 6.18. The quantitative estimate of drug-likeness (QED) is 0.788. The molecule has 0 saturated carbocycles. The van der Waals surface area contributed by atoms with E-state index in [0.29, 0.717) is 13.2 Å². The van der Waals surface area contributed by atoms with Crippen molar-refractivity contribution >= 4 is 5.82 Å². The van der Waals surface area contributed by atoms with Gasteiger partial charge in [-0.3, -0.25) is 4.90 Å². The minimum atomic E-state index is 0.546. The minimum absolute atomic E-state index is 0.546. The van der Waals surface area contributed by atoms with E-state index in [1.165, 1.54) is 5.56 Å². The first-order chi connectivity index (χ1) is 11.8. The number of anilines is 1. The third-order valence-corrected chi connectivity index (χ3v) is 4.40. The number of nitrogens with zero attached hydrogens (tertiary/aromatic N) is 3. The molecule has 1 aliphatic heterocycles. The van der Waals surface area contributed by atoms with Crippen LogP contribution in [0.25, 0.3) is 0 Å². The van der Waals surface area contributed by atoms with E-state index in [1.807, 2.05) is 24.4 Å². The van der Waals surface area contributed by atoms with Gasteiger partial charge in [-0.2, -0.15) is 0 Å². The number of ether oxygens (including phenoxy) is 1. The maximum absolute atomic E-state index is 5.78. The van der Waals surface area contributed by atoms with Gasteiger partial charge in [-0.1, -0.05) is 36.4 Å². The molecule has 128 valence electrons. The van der Waals surface area contributed by atoms with Crippen LogP contribution >= 0.6 is 0 Å². The summed E-state index contributed by atoms with van der Waals surface area (Å²) in [5, 5.41) is 0. The van der Waals surface area contributed by atoms with E-state index in [4.69, 9.17) is 10.5 Å². The molecule has 0 aliphatic carbocycles. The number of aromatic nitrogens is 1. The molecule has 0 spiro atoms. The lowest BCUT2D eigenvalue weighted by Crippen LogP contribution is -2.47. The molecule has 5 nitrogen and oxygen atoms in total. The lowest BCUT2D eigenvalue weighted by molar-refractivity contribution is 0.0906. The predicted molar refractivity (Wildman–Crippen MR) is 96.9 cm³/mol. The van der Waals surface area contributed by atoms with Gasteiger partial charge in [0.15, 0.2) is 0 Å². The summed E-state index contributed by atoms with van der Waals surface area (Å²) in [5.41, 5.74) is 7.93. The van der Waals surface area contributed by atoms with Gasteiger partial charge < -0.3 is 15.4 Å². The molecule has 1 aliphatic rings. The molecule has 3 rings (SSSR count). The van der Waals surface area contributed by atoms with E-state index >= 15 is 0 Å². The van der Waals surface area contributed by atoms with Crippen molar-refractivity contribution in [2.24, 2.45) is 5.73 Å². The van der Waals surface area contributed by atoms with Crippen LogP contribution in [0, 0.1) is 0 Å². The first kappa shape index (κ1) is 16.9. The SMILES string of the molecule is NCc1ccc(N2CCN(CCOCc3ccccc3)CC2)nc1. The Morgan fingerprint density at radius 3 is 2.42 bits per heavy atom. The molecule has 0 bridgehead atoms. The van der Waals surface area contributed by atoms with E-state index in [0.717, 1.165) is 50.7 Å². The molecular formula is C19H26N4O. The molecular weight excluding hydrogens is 300 g/mol. The number of pyridine rings is 1. The molecule has 5 heteroatoms. The summed E-state index contributed by atoms with van der Waals surface area (Å²) in [6, 6.07) is 14.5. The number of benzene rings is 1. The Labute approximate surface area is 144 Å². The summed E-state index contributed by atoms with van der Waals surface area (Å²) < 4.78 is 5.78. The van der Waals surface area contributed by atoms with Gasteiger partial charge in [0.2, 0.25) is 0 Å². The standard InChI is InChI=1S/C19H26N4O/c20-14-18-6-7-19(21-15-18)23-10-8-22(9-11-23)12-13-24-16-17-4-2-1-3-5-17/h1-7,15H,8-14,16,20H2. The zero-order valence-corrected chi connectivity index (χ0v) is 14.1. The van der Waals surface area contributed by atoms with Crippen molar-refractivity contribution < 1.29 is 4.74 Å². The summed E-state index contributed by atoms with van der Waals surface area (Å²) in [6.45, 7) is 7.12. The molecule has 0 amide bonds. The van der Waals surface area contributed by atoms with Crippen LogP contribution in [0.2, 0.25) is 0 Å². The number of hydrogen-bond acceptors (Lipinski definition) is 5. The van der Waals surface area contributed by atoms with Crippen LogP contribution in [0.4, 0.5) is 5.82 Å². The lowest BCUT2D eigenvalue weighted by atomic mass is 10.2. The second kappa shape index (κ2) is 8.78. The molecule has 0 radical (unpaired) electrons. The largest absolute Gasteiger partial charge is 0.375 e. The molecule has 0 atom stereocenters. The second-order valence-corrected chi connectivity index (χ2v) is 6.10. The average Bonchev–Trinajstić information content (AvgIpc) is 2.67. The van der Waals surface area contributed by atoms with Gasteiger partial charge in [0.05, 0.1) is 13.2 Å². The molecule has 0 unspecified atom stereocenters. The highest BCUT2D eigenvalue weighted by Crippen LogP contribution is 2.14. The van der Waals surface area contributed by atoms with Crippen molar-refractivity contribution in [2.75, 3.05) is 44.2 Å². The molecule has 1 saturated heterocycles. The van der Waals surface area contributed by atoms with Gasteiger partial charge in [0.1, 0.15) is 5.82 Å². The zero-order chi connectivity index (χ0) is 16.6. The number of rotatable bonds is 7. The van der Waals surface area contributed by atoms with Gasteiger partial charge in [-0.15, -0.1) is 0 Å². The highest BCUT2D eigenvalue weighted by molar-refractivity contribution is 5.39. The van der Waals surface area contributed by atoms with Crippen LogP contribution < -0.4 is 10.6 Å². The van der Waals surface area contributed by atoms with E-state index < -0.39 is 0 Å². The van der Waals surface area contributed by atoms with Crippen molar-refractivity contribution in [3.63, 3.8) is 0 Å². The number of nitrogens with two attached hydrogens (primary N) is 1. The third-order valence-electron chi connectivity index (χ3n) is 4.40. The minimum Gasteiger partial charge on any atom is -0.375 e. The lowest BCUT2D eigenvalue weighted by Gasteiger charge is -2.35. The summed E-state index contributed by atoms with van der Waals surface area (Å²) in [6.07, 6.45) is 1.87. The fraction of sp³-hybridized carbons (Fsp3) is 0.421. The fourth-order valence-corrected chi connectivity index (χ4v) is 2.88. The zero-order valence-electron chi connectivity index (χ0n) is 14.1. The normalized spacial score (nSPS) is 15.6. The first-order valence-electron chi connectivity index (χ1n) is 8.59. The van der Waals surface area contributed by atoms with Crippen LogP contribution in [-0.4, -0.2) is 49.2 Å². The van der Waals surface area contributed by atoms with Crippen LogP contribution in [0.3, 0.4) is 0 Å². The topological polar surface area (TPSA) is 54.6 Å². The molecule has 1 fully saturated rings. The fourth-order valence-electron chi connectivity index (χ4n) is 2.88. The predicted octanol–water partition coefficient (Wildman–Crippen LogP) is 1.88. The summed E-state index contributed by atoms with van der Waals surface area (Å²) in [7, 11) is 0. The Balaban J connectivity index is 1.36. The summed E-state index contributed by atoms with van der Waals surface area (Å²) >= 11 is 0. The number of hydrogen-bond donors (Lipinski definition) is 1. The highest BCUT2D eigenvalue weighted by atomic mass is 16.5. The van der Waals surface area contributed by atoms with Crippen molar-refractivity contribution in [3.8, 4) is 0 Å². The van der Waals surface area contributed by atoms with Gasteiger partial charge >= 0.3 is 0 Å². The van der Waals surface area contributed by atoms with Crippen molar-refractivity contribution in [2.45, 2.75) is 13.2 Å². The average molecular weight is 326 g/mol. The Morgan fingerprint density at radius 1 is 0.958 bits per heavy atom. The molecule has 2 N–H and O–H groups in total. The smallest absolute Gasteiger partial charge is 0.128 e. The van der Waals surface area contributed by atoms with Crippen molar-refractivity contribution in [3.05, 3.63) is 59.8 Å². The van der Waals surface area contributed by atoms with Gasteiger partial charge in [-0.25, -0.2) is 4.98 Å². The molecule has 24 heavy (non-hydrogen) atoms.